The first-order chi connectivity index (χ1) is 17.2. The van der Waals surface area contributed by atoms with Gasteiger partial charge in [-0.15, -0.1) is 0 Å². The van der Waals surface area contributed by atoms with Gasteiger partial charge in [-0.25, -0.2) is 9.71 Å². The number of sulfonamides is 1. The number of aliphatic hydroxyl groups is 1. The van der Waals surface area contributed by atoms with E-state index in [0.29, 0.717) is 54.4 Å². The topological polar surface area (TPSA) is 112 Å². The van der Waals surface area contributed by atoms with Gasteiger partial charge in [-0.05, 0) is 43.5 Å². The largest absolute Gasteiger partial charge is 0.474 e. The van der Waals surface area contributed by atoms with Crippen molar-refractivity contribution in [1.29, 1.82) is 0 Å². The van der Waals surface area contributed by atoms with Gasteiger partial charge in [0.05, 0.1) is 16.8 Å². The highest BCUT2D eigenvalue weighted by Gasteiger charge is 2.55. The van der Waals surface area contributed by atoms with Crippen LogP contribution >= 0.6 is 11.6 Å². The van der Waals surface area contributed by atoms with Crippen LogP contribution in [0.5, 0.6) is 5.75 Å². The van der Waals surface area contributed by atoms with Crippen molar-refractivity contribution in [2.24, 2.45) is 5.41 Å². The molecule has 1 aromatic carbocycles. The summed E-state index contributed by atoms with van der Waals surface area (Å²) in [6.45, 7) is 2.85. The maximum absolute atomic E-state index is 13.2. The zero-order chi connectivity index (χ0) is 25.1. The summed E-state index contributed by atoms with van der Waals surface area (Å²) in [7, 11) is -4.22. The Labute approximate surface area is 215 Å². The predicted octanol–water partition coefficient (Wildman–Crippen LogP) is 2.71. The lowest BCUT2D eigenvalue weighted by atomic mass is 9.63. The van der Waals surface area contributed by atoms with Gasteiger partial charge in [0.1, 0.15) is 5.82 Å². The number of ether oxygens (including phenoxy) is 1. The number of amides is 1. The van der Waals surface area contributed by atoms with Gasteiger partial charge >= 0.3 is 0 Å². The Morgan fingerprint density at radius 1 is 1.11 bits per heavy atom. The molecular weight excluding hydrogens is 504 g/mol. The van der Waals surface area contributed by atoms with Gasteiger partial charge in [-0.2, -0.15) is 8.42 Å². The summed E-state index contributed by atoms with van der Waals surface area (Å²) in [6, 6.07) is 10.1. The van der Waals surface area contributed by atoms with Crippen molar-refractivity contribution in [3.05, 3.63) is 41.4 Å². The number of carbonyl (C=O) groups is 1. The van der Waals surface area contributed by atoms with E-state index in [2.05, 4.69) is 14.6 Å². The van der Waals surface area contributed by atoms with E-state index in [1.165, 1.54) is 25.3 Å². The van der Waals surface area contributed by atoms with Crippen molar-refractivity contribution in [1.82, 2.24) is 9.71 Å². The number of hydrogen-bond acceptors (Lipinski definition) is 8. The Morgan fingerprint density at radius 3 is 2.50 bits per heavy atom. The highest BCUT2D eigenvalue weighted by atomic mass is 35.5. The molecule has 3 heterocycles. The number of anilines is 2. The quantitative estimate of drug-likeness (QED) is 0.560. The summed E-state index contributed by atoms with van der Waals surface area (Å²) >= 11 is 6.50. The molecule has 4 fully saturated rings. The lowest BCUT2D eigenvalue weighted by Crippen LogP contribution is -2.60. The fraction of sp³-hybridized carbons (Fsp3) is 0.520. The molecule has 2 saturated heterocycles. The van der Waals surface area contributed by atoms with E-state index in [0.717, 1.165) is 18.8 Å². The third kappa shape index (κ3) is 4.18. The average molecular weight is 533 g/mol. The van der Waals surface area contributed by atoms with Crippen LogP contribution in [0.25, 0.3) is 0 Å². The van der Waals surface area contributed by atoms with Crippen LogP contribution in [-0.2, 0) is 14.8 Å². The molecule has 11 heteroatoms. The normalized spacial score (nSPS) is 23.7. The van der Waals surface area contributed by atoms with E-state index >= 15 is 0 Å². The Bertz CT molecular complexity index is 1300. The van der Waals surface area contributed by atoms with Gasteiger partial charge in [0.15, 0.2) is 16.4 Å². The third-order valence-corrected chi connectivity index (χ3v) is 9.40. The van der Waals surface area contributed by atoms with Gasteiger partial charge in [0.2, 0.25) is 0 Å². The highest BCUT2D eigenvalue weighted by Crippen LogP contribution is 2.53. The van der Waals surface area contributed by atoms with Crippen molar-refractivity contribution in [2.75, 3.05) is 36.0 Å². The summed E-state index contributed by atoms with van der Waals surface area (Å²) in [5.41, 5.74) is -0.0522. The van der Waals surface area contributed by atoms with E-state index < -0.39 is 27.6 Å². The predicted molar refractivity (Wildman–Crippen MR) is 135 cm³/mol. The number of nitrogens with one attached hydrogen (secondary N) is 1. The Balaban J connectivity index is 1.18. The number of para-hydroxylation sites is 1. The lowest BCUT2D eigenvalue weighted by Gasteiger charge is -2.57. The minimum atomic E-state index is -4.22. The SMILES string of the molecule is O=C(NS(=O)(=O)c1cccc(N2CCC(O)C2)n1)C1(Oc2c(Cl)cccc2N2CC3(CCC3)C2)CC1. The minimum Gasteiger partial charge on any atom is -0.474 e. The molecule has 2 saturated carbocycles. The summed E-state index contributed by atoms with van der Waals surface area (Å²) in [5.74, 6) is 0.140. The zero-order valence-corrected chi connectivity index (χ0v) is 21.4. The molecule has 1 aromatic heterocycles. The van der Waals surface area contributed by atoms with Crippen LogP contribution in [0, 0.1) is 5.41 Å². The molecule has 2 aliphatic carbocycles. The van der Waals surface area contributed by atoms with Crippen molar-refractivity contribution < 1.29 is 23.1 Å². The molecule has 4 aliphatic rings. The molecule has 0 radical (unpaired) electrons. The first-order valence-corrected chi connectivity index (χ1v) is 14.2. The van der Waals surface area contributed by atoms with Crippen LogP contribution in [0.3, 0.4) is 0 Å². The monoisotopic (exact) mass is 532 g/mol. The molecule has 192 valence electrons. The first kappa shape index (κ1) is 23.8. The number of benzene rings is 1. The maximum Gasteiger partial charge on any atom is 0.281 e. The fourth-order valence-electron chi connectivity index (χ4n) is 5.41. The second kappa shape index (κ2) is 8.49. The number of nitrogens with zero attached hydrogens (tertiary/aromatic N) is 3. The molecule has 36 heavy (non-hydrogen) atoms. The second-order valence-corrected chi connectivity index (χ2v) is 12.6. The molecular formula is C25H29ClN4O5S. The van der Waals surface area contributed by atoms with E-state index in [-0.39, 0.29) is 5.03 Å². The van der Waals surface area contributed by atoms with E-state index in [9.17, 15) is 18.3 Å². The number of aliphatic hydroxyl groups excluding tert-OH is 1. The number of rotatable bonds is 7. The molecule has 1 atom stereocenters. The third-order valence-electron chi connectivity index (χ3n) is 7.87. The van der Waals surface area contributed by atoms with Crippen LogP contribution in [0.1, 0.15) is 38.5 Å². The molecule has 1 unspecified atom stereocenters. The first-order valence-electron chi connectivity index (χ1n) is 12.4. The zero-order valence-electron chi connectivity index (χ0n) is 19.8. The molecule has 2 N–H and O–H groups in total. The number of carbonyl (C=O) groups excluding carboxylic acids is 1. The van der Waals surface area contributed by atoms with Crippen molar-refractivity contribution in [2.45, 2.75) is 55.3 Å². The number of β-amino-alcohol motifs (C(OH)–C–C–N with tert-alkyl or cyclic N) is 1. The van der Waals surface area contributed by atoms with Crippen molar-refractivity contribution >= 4 is 39.0 Å². The number of pyridine rings is 1. The highest BCUT2D eigenvalue weighted by molar-refractivity contribution is 7.90. The molecule has 2 aromatic rings. The standard InChI is InChI=1S/C25H29ClN4O5S/c26-18-4-1-5-19(30-15-24(16-30)9-3-10-24)22(18)35-25(11-12-25)23(32)28-36(33,34)21-7-2-6-20(27-21)29-13-8-17(31)14-29/h1-2,4-7,17,31H,3,8-16H2,(H,28,32). The fourth-order valence-corrected chi connectivity index (χ4v) is 6.62. The van der Waals surface area contributed by atoms with Gasteiger partial charge in [0.25, 0.3) is 15.9 Å². The average Bonchev–Trinajstić information content (AvgIpc) is 3.45. The van der Waals surface area contributed by atoms with Crippen LogP contribution < -0.4 is 19.3 Å². The van der Waals surface area contributed by atoms with Crippen LogP contribution in [-0.4, -0.2) is 62.3 Å². The summed E-state index contributed by atoms with van der Waals surface area (Å²) in [5, 5.41) is 9.93. The van der Waals surface area contributed by atoms with Crippen LogP contribution in [0.15, 0.2) is 41.4 Å². The Kier molecular flexibility index (Phi) is 5.62. The van der Waals surface area contributed by atoms with Crippen molar-refractivity contribution in [3.63, 3.8) is 0 Å². The minimum absolute atomic E-state index is 0.254. The van der Waals surface area contributed by atoms with E-state index in [1.54, 1.807) is 18.2 Å². The van der Waals surface area contributed by atoms with Crippen LogP contribution in [0.2, 0.25) is 5.02 Å². The number of hydrogen-bond donors (Lipinski definition) is 2. The number of halogens is 1. The second-order valence-electron chi connectivity index (χ2n) is 10.6. The van der Waals surface area contributed by atoms with E-state index in [1.807, 2.05) is 17.0 Å². The Morgan fingerprint density at radius 2 is 1.86 bits per heavy atom. The van der Waals surface area contributed by atoms with Gasteiger partial charge in [-0.1, -0.05) is 30.2 Å². The van der Waals surface area contributed by atoms with Crippen molar-refractivity contribution in [3.8, 4) is 5.75 Å². The van der Waals surface area contributed by atoms with Crippen LogP contribution in [0.4, 0.5) is 11.5 Å². The van der Waals surface area contributed by atoms with Gasteiger partial charge in [0, 0.05) is 44.4 Å². The Hall–Kier alpha value is -2.56. The number of aromatic nitrogens is 1. The smallest absolute Gasteiger partial charge is 0.281 e. The molecule has 1 amide bonds. The summed E-state index contributed by atoms with van der Waals surface area (Å²) < 4.78 is 34.5. The summed E-state index contributed by atoms with van der Waals surface area (Å²) in [4.78, 5) is 21.5. The summed E-state index contributed by atoms with van der Waals surface area (Å²) in [6.07, 6.45) is 4.64. The molecule has 2 aliphatic heterocycles. The molecule has 1 spiro atoms. The van der Waals surface area contributed by atoms with Gasteiger partial charge in [-0.3, -0.25) is 4.79 Å². The van der Waals surface area contributed by atoms with E-state index in [4.69, 9.17) is 16.3 Å². The molecule has 9 nitrogen and oxygen atoms in total. The molecule has 0 bridgehead atoms. The van der Waals surface area contributed by atoms with Gasteiger partial charge < -0.3 is 19.6 Å². The lowest BCUT2D eigenvalue weighted by molar-refractivity contribution is -0.127. The maximum atomic E-state index is 13.2. The molecule has 6 rings (SSSR count).